The molecule has 6 nitrogen and oxygen atoms in total. The average molecular weight is 337 g/mol. The summed E-state index contributed by atoms with van der Waals surface area (Å²) in [7, 11) is 0. The van der Waals surface area contributed by atoms with E-state index in [1.54, 1.807) is 25.7 Å². The Balaban J connectivity index is 1.98. The third kappa shape index (κ3) is 4.84. The van der Waals surface area contributed by atoms with Gasteiger partial charge in [0.05, 0.1) is 17.3 Å². The fourth-order valence-corrected chi connectivity index (χ4v) is 2.57. The minimum atomic E-state index is -0.575. The number of likely N-dealkylation sites (tertiary alicyclic amines) is 1. The summed E-state index contributed by atoms with van der Waals surface area (Å²) in [4.78, 5) is 26.1. The van der Waals surface area contributed by atoms with Crippen molar-refractivity contribution in [3.8, 4) is 0 Å². The van der Waals surface area contributed by atoms with Crippen LogP contribution in [0.4, 0.5) is 20.6 Å². The lowest BCUT2D eigenvalue weighted by molar-refractivity contribution is -0.121. The first-order chi connectivity index (χ1) is 11.2. The molecule has 1 saturated heterocycles. The van der Waals surface area contributed by atoms with Crippen molar-refractivity contribution >= 4 is 23.4 Å². The summed E-state index contributed by atoms with van der Waals surface area (Å²) in [6.45, 7) is 6.27. The number of piperidine rings is 1. The number of hydrogen-bond donors (Lipinski definition) is 2. The topological polar surface area (TPSA) is 84.7 Å². The molecule has 0 bridgehead atoms. The van der Waals surface area contributed by atoms with E-state index < -0.39 is 17.5 Å². The van der Waals surface area contributed by atoms with Gasteiger partial charge in [0.2, 0.25) is 5.91 Å². The van der Waals surface area contributed by atoms with Gasteiger partial charge in [-0.2, -0.15) is 0 Å². The lowest BCUT2D eigenvalue weighted by Crippen LogP contribution is -2.45. The van der Waals surface area contributed by atoms with Gasteiger partial charge in [-0.25, -0.2) is 9.18 Å². The minimum absolute atomic E-state index is 0.170. The lowest BCUT2D eigenvalue weighted by Gasteiger charge is -2.33. The van der Waals surface area contributed by atoms with Gasteiger partial charge in [0.1, 0.15) is 11.4 Å². The largest absolute Gasteiger partial charge is 0.444 e. The second-order valence-electron chi connectivity index (χ2n) is 6.99. The first kappa shape index (κ1) is 18.0. The van der Waals surface area contributed by atoms with Crippen molar-refractivity contribution in [3.05, 3.63) is 24.0 Å². The van der Waals surface area contributed by atoms with Crippen molar-refractivity contribution in [2.45, 2.75) is 39.2 Å². The summed E-state index contributed by atoms with van der Waals surface area (Å²) in [6, 6.07) is 3.82. The summed E-state index contributed by atoms with van der Waals surface area (Å²) >= 11 is 0. The van der Waals surface area contributed by atoms with E-state index in [4.69, 9.17) is 10.5 Å². The molecule has 24 heavy (non-hydrogen) atoms. The van der Waals surface area contributed by atoms with Crippen molar-refractivity contribution in [2.24, 2.45) is 5.92 Å². The van der Waals surface area contributed by atoms with E-state index in [9.17, 15) is 14.0 Å². The molecule has 1 atom stereocenters. The average Bonchev–Trinajstić information content (AvgIpc) is 2.48. The number of carbonyl (C=O) groups is 2. The lowest BCUT2D eigenvalue weighted by atomic mass is 9.97. The summed E-state index contributed by atoms with van der Waals surface area (Å²) in [6.07, 6.45) is 0.976. The summed E-state index contributed by atoms with van der Waals surface area (Å²) in [5, 5.41) is 2.71. The second-order valence-corrected chi connectivity index (χ2v) is 6.99. The van der Waals surface area contributed by atoms with Crippen LogP contribution in [0.3, 0.4) is 0 Å². The number of nitrogens with two attached hydrogens (primary N) is 1. The summed E-state index contributed by atoms with van der Waals surface area (Å²) in [5.74, 6) is -1.04. The molecule has 0 unspecified atom stereocenters. The van der Waals surface area contributed by atoms with Crippen LogP contribution in [-0.2, 0) is 9.53 Å². The molecule has 1 fully saturated rings. The number of carbonyl (C=O) groups excluding carboxylic acids is 2. The van der Waals surface area contributed by atoms with Gasteiger partial charge in [0.25, 0.3) is 0 Å². The van der Waals surface area contributed by atoms with Crippen LogP contribution in [0.2, 0.25) is 0 Å². The maximum atomic E-state index is 13.1. The minimum Gasteiger partial charge on any atom is -0.444 e. The third-order valence-corrected chi connectivity index (χ3v) is 3.72. The van der Waals surface area contributed by atoms with Crippen molar-refractivity contribution < 1.29 is 18.7 Å². The third-order valence-electron chi connectivity index (χ3n) is 3.72. The molecule has 2 rings (SSSR count). The normalized spacial score (nSPS) is 18.2. The van der Waals surface area contributed by atoms with Crippen molar-refractivity contribution in [1.29, 1.82) is 0 Å². The van der Waals surface area contributed by atoms with Crippen molar-refractivity contribution in [1.82, 2.24) is 4.90 Å². The van der Waals surface area contributed by atoms with Crippen LogP contribution in [-0.4, -0.2) is 35.6 Å². The highest BCUT2D eigenvalue weighted by atomic mass is 19.1. The Bertz CT molecular complexity index is 628. The Morgan fingerprint density at radius 2 is 2.08 bits per heavy atom. The molecule has 1 heterocycles. The molecule has 1 aliphatic heterocycles. The molecule has 0 radical (unpaired) electrons. The number of nitrogens with one attached hydrogen (secondary N) is 1. The maximum absolute atomic E-state index is 13.1. The molecule has 132 valence electrons. The van der Waals surface area contributed by atoms with E-state index in [1.807, 2.05) is 0 Å². The van der Waals surface area contributed by atoms with E-state index in [0.717, 1.165) is 12.5 Å². The van der Waals surface area contributed by atoms with Crippen LogP contribution in [0.5, 0.6) is 0 Å². The molecule has 0 aliphatic carbocycles. The fourth-order valence-electron chi connectivity index (χ4n) is 2.57. The number of benzene rings is 1. The number of anilines is 2. The number of hydrogen-bond acceptors (Lipinski definition) is 4. The molecule has 1 aliphatic rings. The van der Waals surface area contributed by atoms with E-state index in [0.29, 0.717) is 25.2 Å². The van der Waals surface area contributed by atoms with Gasteiger partial charge in [-0.15, -0.1) is 0 Å². The quantitative estimate of drug-likeness (QED) is 0.813. The fraction of sp³-hybridized carbons (Fsp3) is 0.529. The van der Waals surface area contributed by atoms with E-state index in [-0.39, 0.29) is 17.5 Å². The Morgan fingerprint density at radius 3 is 2.71 bits per heavy atom. The molecule has 0 aromatic heterocycles. The van der Waals surface area contributed by atoms with Gasteiger partial charge < -0.3 is 20.7 Å². The van der Waals surface area contributed by atoms with Crippen LogP contribution in [0, 0.1) is 11.7 Å². The van der Waals surface area contributed by atoms with Crippen LogP contribution in [0.25, 0.3) is 0 Å². The zero-order valence-corrected chi connectivity index (χ0v) is 14.3. The van der Waals surface area contributed by atoms with Gasteiger partial charge >= 0.3 is 6.09 Å². The highest BCUT2D eigenvalue weighted by molar-refractivity contribution is 5.95. The number of rotatable bonds is 2. The van der Waals surface area contributed by atoms with E-state index in [1.165, 1.54) is 12.1 Å². The Hall–Kier alpha value is -2.31. The molecule has 2 amide bonds. The summed E-state index contributed by atoms with van der Waals surface area (Å²) < 4.78 is 18.4. The SMILES string of the molecule is CC(C)(C)OC(=O)N1CCC[C@@H](C(=O)Nc2ccc(F)cc2N)C1. The van der Waals surface area contributed by atoms with E-state index in [2.05, 4.69) is 5.32 Å². The molecule has 1 aromatic rings. The zero-order chi connectivity index (χ0) is 17.9. The maximum Gasteiger partial charge on any atom is 0.410 e. The van der Waals surface area contributed by atoms with Crippen LogP contribution in [0.1, 0.15) is 33.6 Å². The second kappa shape index (κ2) is 7.07. The van der Waals surface area contributed by atoms with Gasteiger partial charge in [-0.1, -0.05) is 0 Å². The Labute approximate surface area is 141 Å². The molecule has 0 spiro atoms. The number of nitrogen functional groups attached to an aromatic ring is 1. The summed E-state index contributed by atoms with van der Waals surface area (Å²) in [5.41, 5.74) is 5.67. The first-order valence-electron chi connectivity index (χ1n) is 7.99. The number of ether oxygens (including phenoxy) is 1. The van der Waals surface area contributed by atoms with E-state index >= 15 is 0 Å². The van der Waals surface area contributed by atoms with Gasteiger partial charge in [0, 0.05) is 13.1 Å². The smallest absolute Gasteiger partial charge is 0.410 e. The van der Waals surface area contributed by atoms with Gasteiger partial charge in [0.15, 0.2) is 0 Å². The molecule has 3 N–H and O–H groups in total. The number of halogens is 1. The molecular formula is C17H24FN3O3. The Morgan fingerprint density at radius 1 is 1.38 bits per heavy atom. The highest BCUT2D eigenvalue weighted by Gasteiger charge is 2.31. The van der Waals surface area contributed by atoms with Gasteiger partial charge in [-0.05, 0) is 51.8 Å². The van der Waals surface area contributed by atoms with Crippen molar-refractivity contribution in [2.75, 3.05) is 24.1 Å². The standard InChI is InChI=1S/C17H24FN3O3/c1-17(2,3)24-16(23)21-8-4-5-11(10-21)15(22)20-14-7-6-12(18)9-13(14)19/h6-7,9,11H,4-5,8,10,19H2,1-3H3,(H,20,22)/t11-/m1/s1. The van der Waals surface area contributed by atoms with Gasteiger partial charge in [-0.3, -0.25) is 4.79 Å². The number of nitrogens with zero attached hydrogens (tertiary/aromatic N) is 1. The predicted molar refractivity (Wildman–Crippen MR) is 90.0 cm³/mol. The van der Waals surface area contributed by atoms with Crippen molar-refractivity contribution in [3.63, 3.8) is 0 Å². The highest BCUT2D eigenvalue weighted by Crippen LogP contribution is 2.23. The molecular weight excluding hydrogens is 313 g/mol. The van der Waals surface area contributed by atoms with Crippen LogP contribution < -0.4 is 11.1 Å². The number of amides is 2. The molecule has 7 heteroatoms. The molecule has 1 aromatic carbocycles. The predicted octanol–water partition coefficient (Wildman–Crippen LogP) is 2.99. The Kier molecular flexibility index (Phi) is 5.31. The monoisotopic (exact) mass is 337 g/mol. The molecule has 0 saturated carbocycles. The zero-order valence-electron chi connectivity index (χ0n) is 14.3. The first-order valence-corrected chi connectivity index (χ1v) is 7.99. The van der Waals surface area contributed by atoms with Crippen LogP contribution in [0.15, 0.2) is 18.2 Å². The van der Waals surface area contributed by atoms with Crippen LogP contribution >= 0.6 is 0 Å².